The molecule has 112 valence electrons. The Morgan fingerprint density at radius 2 is 1.57 bits per heavy atom. The highest BCUT2D eigenvalue weighted by Crippen LogP contribution is 2.21. The molecule has 0 bridgehead atoms. The van der Waals surface area contributed by atoms with Gasteiger partial charge in [0.1, 0.15) is 29.3 Å². The highest BCUT2D eigenvalue weighted by Gasteiger charge is 2.04. The number of hydrogen-bond donors (Lipinski definition) is 1. The van der Waals surface area contributed by atoms with E-state index in [-0.39, 0.29) is 11.4 Å². The van der Waals surface area contributed by atoms with E-state index < -0.39 is 0 Å². The summed E-state index contributed by atoms with van der Waals surface area (Å²) in [6.07, 6.45) is 0. The van der Waals surface area contributed by atoms with Crippen LogP contribution in [0.3, 0.4) is 0 Å². The molecule has 0 aliphatic heterocycles. The van der Waals surface area contributed by atoms with Crippen LogP contribution in [0.2, 0.25) is 0 Å². The van der Waals surface area contributed by atoms with Crippen LogP contribution in [0.1, 0.15) is 12.5 Å². The Bertz CT molecular complexity index is 822. The van der Waals surface area contributed by atoms with E-state index in [1.807, 2.05) is 60.7 Å². The standard InChI is InChI=1S/C18H14N4O/c1-13(22-18(12-20)17(21)11-19)14-7-9-16(10-8-14)23-15-5-3-2-4-6-15/h2-10H,21H2,1H3. The molecule has 2 aromatic rings. The summed E-state index contributed by atoms with van der Waals surface area (Å²) in [5.74, 6) is 1.45. The molecule has 0 spiro atoms. The molecule has 0 saturated carbocycles. The molecule has 0 saturated heterocycles. The Balaban J connectivity index is 2.20. The maximum absolute atomic E-state index is 8.97. The van der Waals surface area contributed by atoms with E-state index in [1.165, 1.54) is 0 Å². The predicted molar refractivity (Wildman–Crippen MR) is 87.6 cm³/mol. The number of ether oxygens (including phenoxy) is 1. The Morgan fingerprint density at radius 1 is 0.957 bits per heavy atom. The predicted octanol–water partition coefficient (Wildman–Crippen LogP) is 3.51. The van der Waals surface area contributed by atoms with Crippen molar-refractivity contribution in [1.82, 2.24) is 0 Å². The van der Waals surface area contributed by atoms with Crippen molar-refractivity contribution in [3.05, 3.63) is 71.6 Å². The molecule has 5 heteroatoms. The molecule has 0 aromatic heterocycles. The molecule has 0 aliphatic carbocycles. The highest BCUT2D eigenvalue weighted by molar-refractivity contribution is 5.99. The normalized spacial score (nSPS) is 11.9. The van der Waals surface area contributed by atoms with Gasteiger partial charge >= 0.3 is 0 Å². The molecule has 0 amide bonds. The largest absolute Gasteiger partial charge is 0.457 e. The molecular weight excluding hydrogens is 288 g/mol. The number of nitrogens with two attached hydrogens (primary N) is 1. The van der Waals surface area contributed by atoms with Gasteiger partial charge in [-0.05, 0) is 48.9 Å². The number of nitriles is 2. The second kappa shape index (κ2) is 7.44. The summed E-state index contributed by atoms with van der Waals surface area (Å²) in [4.78, 5) is 4.10. The number of benzene rings is 2. The zero-order chi connectivity index (χ0) is 16.7. The lowest BCUT2D eigenvalue weighted by Crippen LogP contribution is -2.01. The minimum atomic E-state index is -0.198. The van der Waals surface area contributed by atoms with Crippen molar-refractivity contribution in [2.45, 2.75) is 6.92 Å². The molecule has 0 aliphatic rings. The average molecular weight is 302 g/mol. The van der Waals surface area contributed by atoms with Gasteiger partial charge in [-0.15, -0.1) is 0 Å². The van der Waals surface area contributed by atoms with Crippen molar-refractivity contribution in [3.8, 4) is 23.6 Å². The molecule has 5 nitrogen and oxygen atoms in total. The quantitative estimate of drug-likeness (QED) is 0.690. The van der Waals surface area contributed by atoms with Crippen LogP contribution in [-0.2, 0) is 0 Å². The van der Waals surface area contributed by atoms with Crippen molar-refractivity contribution >= 4 is 5.71 Å². The molecule has 0 fully saturated rings. The van der Waals surface area contributed by atoms with Gasteiger partial charge in [0.15, 0.2) is 5.70 Å². The molecule has 2 aromatic carbocycles. The lowest BCUT2D eigenvalue weighted by molar-refractivity contribution is 0.482. The van der Waals surface area contributed by atoms with Gasteiger partial charge in [-0.25, -0.2) is 4.99 Å². The first-order valence-corrected chi connectivity index (χ1v) is 6.82. The molecular formula is C18H14N4O. The minimum absolute atomic E-state index is 0.0883. The first kappa shape index (κ1) is 15.8. The topological polar surface area (TPSA) is 95.2 Å². The lowest BCUT2D eigenvalue weighted by Gasteiger charge is -2.06. The Labute approximate surface area is 134 Å². The van der Waals surface area contributed by atoms with Gasteiger partial charge < -0.3 is 10.5 Å². The first-order valence-electron chi connectivity index (χ1n) is 6.82. The monoisotopic (exact) mass is 302 g/mol. The molecule has 0 atom stereocenters. The second-order valence-corrected chi connectivity index (χ2v) is 4.62. The SMILES string of the molecule is CC(=NC(C#N)=C(N)C#N)c1ccc(Oc2ccccc2)cc1. The average Bonchev–Trinajstić information content (AvgIpc) is 2.60. The molecule has 0 heterocycles. The van der Waals surface area contributed by atoms with Crippen LogP contribution in [0, 0.1) is 22.7 Å². The molecule has 2 N–H and O–H groups in total. The molecule has 0 radical (unpaired) electrons. The number of para-hydroxylation sites is 1. The van der Waals surface area contributed by atoms with Gasteiger partial charge in [0.2, 0.25) is 0 Å². The fourth-order valence-electron chi connectivity index (χ4n) is 1.82. The summed E-state index contributed by atoms with van der Waals surface area (Å²) >= 11 is 0. The van der Waals surface area contributed by atoms with Gasteiger partial charge in [0.05, 0.1) is 0 Å². The third-order valence-electron chi connectivity index (χ3n) is 3.01. The summed E-state index contributed by atoms with van der Waals surface area (Å²) in [7, 11) is 0. The van der Waals surface area contributed by atoms with Crippen molar-refractivity contribution in [1.29, 1.82) is 10.5 Å². The van der Waals surface area contributed by atoms with E-state index >= 15 is 0 Å². The summed E-state index contributed by atoms with van der Waals surface area (Å²) in [6, 6.07) is 20.3. The van der Waals surface area contributed by atoms with Crippen molar-refractivity contribution in [3.63, 3.8) is 0 Å². The van der Waals surface area contributed by atoms with Crippen LogP contribution in [-0.4, -0.2) is 5.71 Å². The fraction of sp³-hybridized carbons (Fsp3) is 0.0556. The minimum Gasteiger partial charge on any atom is -0.457 e. The van der Waals surface area contributed by atoms with Gasteiger partial charge in [-0.2, -0.15) is 10.5 Å². The third-order valence-corrected chi connectivity index (χ3v) is 3.01. The van der Waals surface area contributed by atoms with Crippen LogP contribution < -0.4 is 10.5 Å². The molecule has 2 rings (SSSR count). The van der Waals surface area contributed by atoms with E-state index in [2.05, 4.69) is 4.99 Å². The number of hydrogen-bond acceptors (Lipinski definition) is 5. The Kier molecular flexibility index (Phi) is 5.12. The van der Waals surface area contributed by atoms with Gasteiger partial charge in [-0.3, -0.25) is 0 Å². The second-order valence-electron chi connectivity index (χ2n) is 4.62. The van der Waals surface area contributed by atoms with Crippen LogP contribution in [0.5, 0.6) is 11.5 Å². The van der Waals surface area contributed by atoms with Gasteiger partial charge in [0.25, 0.3) is 0 Å². The van der Waals surface area contributed by atoms with Crippen molar-refractivity contribution in [2.75, 3.05) is 0 Å². The first-order chi connectivity index (χ1) is 11.1. The summed E-state index contributed by atoms with van der Waals surface area (Å²) in [5, 5.41) is 17.7. The van der Waals surface area contributed by atoms with Crippen LogP contribution >= 0.6 is 0 Å². The van der Waals surface area contributed by atoms with E-state index in [1.54, 1.807) is 13.0 Å². The number of aliphatic imine (C=N–C) groups is 1. The lowest BCUT2D eigenvalue weighted by atomic mass is 10.1. The number of allylic oxidation sites excluding steroid dienone is 2. The number of rotatable bonds is 4. The summed E-state index contributed by atoms with van der Waals surface area (Å²) in [5.41, 5.74) is 6.54. The Morgan fingerprint density at radius 3 is 2.13 bits per heavy atom. The molecule has 23 heavy (non-hydrogen) atoms. The number of nitrogens with zero attached hydrogens (tertiary/aromatic N) is 3. The van der Waals surface area contributed by atoms with Crippen molar-refractivity contribution in [2.24, 2.45) is 10.7 Å². The van der Waals surface area contributed by atoms with E-state index in [0.29, 0.717) is 11.5 Å². The van der Waals surface area contributed by atoms with Gasteiger partial charge in [0, 0.05) is 5.71 Å². The van der Waals surface area contributed by atoms with E-state index in [0.717, 1.165) is 11.3 Å². The van der Waals surface area contributed by atoms with E-state index in [4.69, 9.17) is 21.0 Å². The zero-order valence-corrected chi connectivity index (χ0v) is 12.5. The maximum atomic E-state index is 8.97. The summed E-state index contributed by atoms with van der Waals surface area (Å²) in [6.45, 7) is 1.75. The van der Waals surface area contributed by atoms with Crippen LogP contribution in [0.4, 0.5) is 0 Å². The van der Waals surface area contributed by atoms with E-state index in [9.17, 15) is 0 Å². The van der Waals surface area contributed by atoms with Crippen LogP contribution in [0.15, 0.2) is 71.0 Å². The molecule has 0 unspecified atom stereocenters. The third kappa shape index (κ3) is 4.20. The fourth-order valence-corrected chi connectivity index (χ4v) is 1.82. The van der Waals surface area contributed by atoms with Crippen LogP contribution in [0.25, 0.3) is 0 Å². The Hall–Kier alpha value is -3.57. The van der Waals surface area contributed by atoms with Crippen molar-refractivity contribution < 1.29 is 4.74 Å². The maximum Gasteiger partial charge on any atom is 0.174 e. The smallest absolute Gasteiger partial charge is 0.174 e. The highest BCUT2D eigenvalue weighted by atomic mass is 16.5. The summed E-state index contributed by atoms with van der Waals surface area (Å²) < 4.78 is 5.71. The zero-order valence-electron chi connectivity index (χ0n) is 12.5. The van der Waals surface area contributed by atoms with Gasteiger partial charge in [-0.1, -0.05) is 18.2 Å².